The second kappa shape index (κ2) is 11.6. The third kappa shape index (κ3) is 7.29. The Morgan fingerprint density at radius 3 is 2.36 bits per heavy atom. The number of para-hydroxylation sites is 1. The van der Waals surface area contributed by atoms with Crippen molar-refractivity contribution in [2.45, 2.75) is 31.0 Å². The Balaban J connectivity index is 2.18. The molecule has 2 rings (SSSR count). The van der Waals surface area contributed by atoms with Gasteiger partial charge in [-0.2, -0.15) is 0 Å². The number of fused-ring (bicyclic) bond motifs is 1. The number of carbonyl (C=O) groups excluding carboxylic acids is 4. The minimum atomic E-state index is -1.58. The van der Waals surface area contributed by atoms with Crippen molar-refractivity contribution in [3.05, 3.63) is 36.0 Å². The fraction of sp³-hybridized carbons (Fsp3) is 0.350. The van der Waals surface area contributed by atoms with Crippen LogP contribution in [0.1, 0.15) is 12.0 Å². The number of aromatic amines is 1. The maximum Gasteiger partial charge on any atom is 0.326 e. The molecule has 0 bridgehead atoms. The zero-order valence-electron chi connectivity index (χ0n) is 17.5. The Hall–Kier alpha value is -3.97. The highest BCUT2D eigenvalue weighted by atomic mass is 16.4. The van der Waals surface area contributed by atoms with E-state index >= 15 is 0 Å². The van der Waals surface area contributed by atoms with Gasteiger partial charge < -0.3 is 42.6 Å². The van der Waals surface area contributed by atoms with Crippen LogP contribution in [-0.2, 0) is 30.4 Å². The van der Waals surface area contributed by atoms with E-state index in [4.69, 9.17) is 16.6 Å². The summed E-state index contributed by atoms with van der Waals surface area (Å²) in [6.07, 6.45) is 0.996. The molecule has 1 aromatic carbocycles. The molecule has 3 unspecified atom stereocenters. The average molecular weight is 462 g/mol. The number of aliphatic carboxylic acids is 1. The number of nitrogens with two attached hydrogens (primary N) is 2. The summed E-state index contributed by atoms with van der Waals surface area (Å²) in [6, 6.07) is 3.19. The molecule has 0 spiro atoms. The molecule has 1 aromatic heterocycles. The minimum Gasteiger partial charge on any atom is -0.480 e. The number of benzene rings is 1. The third-order valence-corrected chi connectivity index (χ3v) is 4.73. The molecule has 2 aromatic rings. The van der Waals surface area contributed by atoms with Gasteiger partial charge in [0.05, 0.1) is 19.6 Å². The standard InChI is InChI=1S/C20H26N6O7/c21-12(9-27)18(30)24-8-17(29)25-14(19(31)26-15(20(32)33)6-16(22)28)5-10-7-23-13-4-2-1-3-11(10)13/h1-4,7,12,14-15,23,27H,5-6,8-9,21H2,(H2,22,28)(H,24,30)(H,25,29)(H,26,31)(H,32,33). The Morgan fingerprint density at radius 1 is 1.03 bits per heavy atom. The molecule has 1 heterocycles. The summed E-state index contributed by atoms with van der Waals surface area (Å²) in [5.41, 5.74) is 11.9. The number of aliphatic hydroxyl groups is 1. The average Bonchev–Trinajstić information content (AvgIpc) is 3.18. The second-order valence-corrected chi connectivity index (χ2v) is 7.26. The summed E-state index contributed by atoms with van der Waals surface area (Å²) in [5.74, 6) is -4.78. The van der Waals surface area contributed by atoms with Crippen LogP contribution >= 0.6 is 0 Å². The molecule has 178 valence electrons. The first kappa shape index (κ1) is 25.3. The van der Waals surface area contributed by atoms with Gasteiger partial charge in [-0.05, 0) is 11.6 Å². The van der Waals surface area contributed by atoms with Crippen molar-refractivity contribution in [3.63, 3.8) is 0 Å². The summed E-state index contributed by atoms with van der Waals surface area (Å²) >= 11 is 0. The van der Waals surface area contributed by atoms with Crippen LogP contribution in [0.25, 0.3) is 10.9 Å². The van der Waals surface area contributed by atoms with Gasteiger partial charge >= 0.3 is 5.97 Å². The number of carboxylic acids is 1. The smallest absolute Gasteiger partial charge is 0.326 e. The molecular formula is C20H26N6O7. The van der Waals surface area contributed by atoms with E-state index in [-0.39, 0.29) is 6.42 Å². The molecule has 0 aliphatic rings. The number of H-pyrrole nitrogens is 1. The number of nitrogens with one attached hydrogen (secondary N) is 4. The van der Waals surface area contributed by atoms with Gasteiger partial charge in [0.15, 0.2) is 0 Å². The van der Waals surface area contributed by atoms with E-state index in [9.17, 15) is 29.1 Å². The summed E-state index contributed by atoms with van der Waals surface area (Å²) in [7, 11) is 0. The van der Waals surface area contributed by atoms with E-state index in [0.29, 0.717) is 5.56 Å². The second-order valence-electron chi connectivity index (χ2n) is 7.26. The van der Waals surface area contributed by atoms with Crippen LogP contribution < -0.4 is 27.4 Å². The highest BCUT2D eigenvalue weighted by molar-refractivity contribution is 5.94. The van der Waals surface area contributed by atoms with Crippen molar-refractivity contribution in [1.29, 1.82) is 0 Å². The molecule has 10 N–H and O–H groups in total. The van der Waals surface area contributed by atoms with Crippen LogP contribution in [0.4, 0.5) is 0 Å². The number of aliphatic hydroxyl groups excluding tert-OH is 1. The summed E-state index contributed by atoms with van der Waals surface area (Å²) in [4.78, 5) is 62.4. The van der Waals surface area contributed by atoms with E-state index in [1.165, 1.54) is 0 Å². The molecule has 0 saturated heterocycles. The molecule has 0 saturated carbocycles. The zero-order chi connectivity index (χ0) is 24.5. The number of amides is 4. The van der Waals surface area contributed by atoms with Gasteiger partial charge in [0.2, 0.25) is 23.6 Å². The first-order chi connectivity index (χ1) is 15.6. The van der Waals surface area contributed by atoms with Gasteiger partial charge in [0.1, 0.15) is 18.1 Å². The molecule has 13 nitrogen and oxygen atoms in total. The van der Waals surface area contributed by atoms with Crippen LogP contribution in [0.3, 0.4) is 0 Å². The lowest BCUT2D eigenvalue weighted by molar-refractivity contribution is -0.143. The highest BCUT2D eigenvalue weighted by Gasteiger charge is 2.28. The van der Waals surface area contributed by atoms with Crippen molar-refractivity contribution in [2.24, 2.45) is 11.5 Å². The minimum absolute atomic E-state index is 0.0192. The maximum atomic E-state index is 12.8. The SMILES string of the molecule is NC(=O)CC(NC(=O)C(Cc1c[nH]c2ccccc12)NC(=O)CNC(=O)C(N)CO)C(=O)O. The van der Waals surface area contributed by atoms with Crippen LogP contribution in [0.5, 0.6) is 0 Å². The normalized spacial score (nSPS) is 13.5. The Labute approximate surface area is 187 Å². The number of hydrogen-bond acceptors (Lipinski definition) is 7. The van der Waals surface area contributed by atoms with Crippen molar-refractivity contribution in [2.75, 3.05) is 13.2 Å². The maximum absolute atomic E-state index is 12.8. The van der Waals surface area contributed by atoms with Gasteiger partial charge in [-0.25, -0.2) is 4.79 Å². The fourth-order valence-electron chi connectivity index (χ4n) is 3.03. The van der Waals surface area contributed by atoms with Crippen molar-refractivity contribution < 1.29 is 34.2 Å². The third-order valence-electron chi connectivity index (χ3n) is 4.73. The lowest BCUT2D eigenvalue weighted by atomic mass is 10.0. The molecule has 0 radical (unpaired) electrons. The van der Waals surface area contributed by atoms with Crippen LogP contribution in [0.15, 0.2) is 30.5 Å². The molecule has 4 amide bonds. The first-order valence-electron chi connectivity index (χ1n) is 9.92. The lowest BCUT2D eigenvalue weighted by Crippen LogP contribution is -2.55. The number of carboxylic acid groups (broad SMARTS) is 1. The molecule has 0 aliphatic heterocycles. The number of rotatable bonds is 12. The predicted molar refractivity (Wildman–Crippen MR) is 115 cm³/mol. The quantitative estimate of drug-likeness (QED) is 0.162. The van der Waals surface area contributed by atoms with E-state index in [2.05, 4.69) is 20.9 Å². The van der Waals surface area contributed by atoms with Crippen LogP contribution in [0.2, 0.25) is 0 Å². The Bertz CT molecular complexity index is 1040. The van der Waals surface area contributed by atoms with E-state index in [0.717, 1.165) is 10.9 Å². The van der Waals surface area contributed by atoms with Gasteiger partial charge in [0.25, 0.3) is 0 Å². The lowest BCUT2D eigenvalue weighted by Gasteiger charge is -2.21. The van der Waals surface area contributed by atoms with Crippen LogP contribution in [-0.4, -0.2) is 76.1 Å². The topological polar surface area (TPSA) is 230 Å². The highest BCUT2D eigenvalue weighted by Crippen LogP contribution is 2.19. The predicted octanol–water partition coefficient (Wildman–Crippen LogP) is -2.92. The summed E-state index contributed by atoms with van der Waals surface area (Å²) < 4.78 is 0. The Kier molecular flexibility index (Phi) is 8.89. The Morgan fingerprint density at radius 2 is 1.73 bits per heavy atom. The van der Waals surface area contributed by atoms with Crippen molar-refractivity contribution in [3.8, 4) is 0 Å². The summed E-state index contributed by atoms with van der Waals surface area (Å²) in [6.45, 7) is -1.15. The summed E-state index contributed by atoms with van der Waals surface area (Å²) in [5, 5.41) is 25.8. The van der Waals surface area contributed by atoms with Crippen molar-refractivity contribution in [1.82, 2.24) is 20.9 Å². The number of primary amides is 1. The van der Waals surface area contributed by atoms with E-state index < -0.39 is 67.3 Å². The van der Waals surface area contributed by atoms with Gasteiger partial charge in [-0.3, -0.25) is 19.2 Å². The zero-order valence-corrected chi connectivity index (χ0v) is 17.5. The first-order valence-corrected chi connectivity index (χ1v) is 9.92. The largest absolute Gasteiger partial charge is 0.480 e. The molecule has 0 aliphatic carbocycles. The van der Waals surface area contributed by atoms with Crippen LogP contribution in [0, 0.1) is 0 Å². The fourth-order valence-corrected chi connectivity index (χ4v) is 3.03. The molecular weight excluding hydrogens is 436 g/mol. The molecule has 33 heavy (non-hydrogen) atoms. The van der Waals surface area contributed by atoms with E-state index in [1.54, 1.807) is 12.3 Å². The molecule has 13 heteroatoms. The van der Waals surface area contributed by atoms with Crippen molar-refractivity contribution >= 4 is 40.5 Å². The van der Waals surface area contributed by atoms with Gasteiger partial charge in [-0.1, -0.05) is 18.2 Å². The number of aromatic nitrogens is 1. The molecule has 0 fully saturated rings. The van der Waals surface area contributed by atoms with Gasteiger partial charge in [0, 0.05) is 23.5 Å². The number of hydrogen-bond donors (Lipinski definition) is 8. The van der Waals surface area contributed by atoms with Gasteiger partial charge in [-0.15, -0.1) is 0 Å². The molecule has 3 atom stereocenters. The van der Waals surface area contributed by atoms with E-state index in [1.807, 2.05) is 18.2 Å². The number of carbonyl (C=O) groups is 5. The monoisotopic (exact) mass is 462 g/mol.